The van der Waals surface area contributed by atoms with Crippen LogP contribution in [-0.2, 0) is 11.2 Å². The minimum absolute atomic E-state index is 0.0995. The third-order valence-corrected chi connectivity index (χ3v) is 3.27. The Balaban J connectivity index is 2.12. The van der Waals surface area contributed by atoms with Crippen molar-refractivity contribution in [2.24, 2.45) is 0 Å². The first kappa shape index (κ1) is 14.4. The maximum Gasteiger partial charge on any atom is 0.229 e. The number of ether oxygens (including phenoxy) is 1. The van der Waals surface area contributed by atoms with E-state index in [9.17, 15) is 9.90 Å². The Kier molecular flexibility index (Phi) is 4.63. The molecule has 2 N–H and O–H groups in total. The molecule has 5 heteroatoms. The molecule has 0 fully saturated rings. The van der Waals surface area contributed by atoms with Crippen LogP contribution in [0.1, 0.15) is 5.56 Å². The molecule has 0 spiro atoms. The predicted octanol–water partition coefficient (Wildman–Crippen LogP) is 3.34. The topological polar surface area (TPSA) is 58.6 Å². The van der Waals surface area contributed by atoms with Gasteiger partial charge < -0.3 is 15.2 Å². The van der Waals surface area contributed by atoms with Crippen LogP contribution in [0.25, 0.3) is 0 Å². The first-order chi connectivity index (χ1) is 9.60. The molecule has 0 aromatic heterocycles. The van der Waals surface area contributed by atoms with E-state index in [1.54, 1.807) is 43.5 Å². The summed E-state index contributed by atoms with van der Waals surface area (Å²) in [5.41, 5.74) is 1.17. The molecule has 0 aliphatic rings. The van der Waals surface area contributed by atoms with Gasteiger partial charge in [0.05, 0.1) is 19.2 Å². The van der Waals surface area contributed by atoms with Gasteiger partial charge in [-0.1, -0.05) is 34.1 Å². The molecule has 0 aliphatic heterocycles. The zero-order valence-corrected chi connectivity index (χ0v) is 12.5. The maximum absolute atomic E-state index is 12.0. The van der Waals surface area contributed by atoms with E-state index < -0.39 is 0 Å². The minimum Gasteiger partial charge on any atom is -0.508 e. The molecule has 2 aromatic carbocycles. The number of aromatic hydroxyl groups is 1. The number of hydrogen-bond donors (Lipinski definition) is 2. The fourth-order valence-corrected chi connectivity index (χ4v) is 2.17. The monoisotopic (exact) mass is 335 g/mol. The van der Waals surface area contributed by atoms with Crippen molar-refractivity contribution in [3.05, 3.63) is 52.5 Å². The maximum atomic E-state index is 12.0. The second-order valence-corrected chi connectivity index (χ2v) is 5.11. The molecular formula is C15H14BrNO3. The molecule has 0 heterocycles. The zero-order chi connectivity index (χ0) is 14.5. The van der Waals surface area contributed by atoms with Crippen LogP contribution in [0.2, 0.25) is 0 Å². The lowest BCUT2D eigenvalue weighted by molar-refractivity contribution is -0.115. The second-order valence-electron chi connectivity index (χ2n) is 4.20. The minimum atomic E-state index is -0.220. The van der Waals surface area contributed by atoms with E-state index in [0.29, 0.717) is 17.0 Å². The van der Waals surface area contributed by atoms with Gasteiger partial charge in [0.1, 0.15) is 11.5 Å². The highest BCUT2D eigenvalue weighted by molar-refractivity contribution is 9.10. The lowest BCUT2D eigenvalue weighted by Gasteiger charge is -2.11. The van der Waals surface area contributed by atoms with Crippen LogP contribution in [0.3, 0.4) is 0 Å². The molecule has 1 amide bonds. The summed E-state index contributed by atoms with van der Waals surface area (Å²) in [6.07, 6.45) is 0.0995. The van der Waals surface area contributed by atoms with Crippen LogP contribution >= 0.6 is 15.9 Å². The van der Waals surface area contributed by atoms with Crippen molar-refractivity contribution in [1.29, 1.82) is 0 Å². The van der Waals surface area contributed by atoms with E-state index in [1.165, 1.54) is 0 Å². The SMILES string of the molecule is COc1ccc(Br)cc1NC(=O)Cc1ccccc1O. The lowest BCUT2D eigenvalue weighted by Crippen LogP contribution is -2.15. The summed E-state index contributed by atoms with van der Waals surface area (Å²) in [5.74, 6) is 0.477. The summed E-state index contributed by atoms with van der Waals surface area (Å²) < 4.78 is 6.03. The highest BCUT2D eigenvalue weighted by atomic mass is 79.9. The van der Waals surface area contributed by atoms with Gasteiger partial charge in [-0.15, -0.1) is 0 Å². The first-order valence-corrected chi connectivity index (χ1v) is 6.79. The number of hydrogen-bond acceptors (Lipinski definition) is 3. The van der Waals surface area contributed by atoms with Crippen LogP contribution in [0.4, 0.5) is 5.69 Å². The number of phenols is 1. The summed E-state index contributed by atoms with van der Waals surface area (Å²) in [6, 6.07) is 12.1. The largest absolute Gasteiger partial charge is 0.508 e. The number of benzene rings is 2. The van der Waals surface area contributed by atoms with Crippen molar-refractivity contribution in [2.45, 2.75) is 6.42 Å². The molecule has 20 heavy (non-hydrogen) atoms. The van der Waals surface area contributed by atoms with Crippen molar-refractivity contribution >= 4 is 27.5 Å². The van der Waals surface area contributed by atoms with Crippen molar-refractivity contribution < 1.29 is 14.6 Å². The Morgan fingerprint density at radius 3 is 2.75 bits per heavy atom. The van der Waals surface area contributed by atoms with Crippen LogP contribution in [0, 0.1) is 0 Å². The van der Waals surface area contributed by atoms with Gasteiger partial charge in [-0.3, -0.25) is 4.79 Å². The normalized spacial score (nSPS) is 10.1. The standard InChI is InChI=1S/C15H14BrNO3/c1-20-14-7-6-11(16)9-12(14)17-15(19)8-10-4-2-3-5-13(10)18/h2-7,9,18H,8H2,1H3,(H,17,19). The van der Waals surface area contributed by atoms with Gasteiger partial charge >= 0.3 is 0 Å². The van der Waals surface area contributed by atoms with E-state index in [1.807, 2.05) is 6.07 Å². The number of phenolic OH excluding ortho intramolecular Hbond substituents is 1. The van der Waals surface area contributed by atoms with Crippen LogP contribution < -0.4 is 10.1 Å². The third-order valence-electron chi connectivity index (χ3n) is 2.78. The second kappa shape index (κ2) is 6.43. The van der Waals surface area contributed by atoms with E-state index in [4.69, 9.17) is 4.74 Å². The summed E-state index contributed by atoms with van der Waals surface area (Å²) in [4.78, 5) is 12.0. The molecule has 104 valence electrons. The number of rotatable bonds is 4. The summed E-state index contributed by atoms with van der Waals surface area (Å²) in [5, 5.41) is 12.4. The highest BCUT2D eigenvalue weighted by Crippen LogP contribution is 2.28. The first-order valence-electron chi connectivity index (χ1n) is 6.00. The van der Waals surface area contributed by atoms with E-state index in [2.05, 4.69) is 21.2 Å². The van der Waals surface area contributed by atoms with Gasteiger partial charge in [-0.2, -0.15) is 0 Å². The Labute approximate surface area is 125 Å². The smallest absolute Gasteiger partial charge is 0.229 e. The fraction of sp³-hybridized carbons (Fsp3) is 0.133. The van der Waals surface area contributed by atoms with E-state index in [-0.39, 0.29) is 18.1 Å². The third kappa shape index (κ3) is 3.51. The number of amides is 1. The summed E-state index contributed by atoms with van der Waals surface area (Å²) in [7, 11) is 1.54. The Morgan fingerprint density at radius 2 is 2.05 bits per heavy atom. The number of nitrogens with one attached hydrogen (secondary N) is 1. The average molecular weight is 336 g/mol. The molecule has 0 aliphatic carbocycles. The molecule has 2 rings (SSSR count). The number of anilines is 1. The van der Waals surface area contributed by atoms with Crippen LogP contribution in [-0.4, -0.2) is 18.1 Å². The molecule has 0 saturated carbocycles. The van der Waals surface area contributed by atoms with Gasteiger partial charge in [0.25, 0.3) is 0 Å². The Hall–Kier alpha value is -2.01. The highest BCUT2D eigenvalue weighted by Gasteiger charge is 2.10. The summed E-state index contributed by atoms with van der Waals surface area (Å²) >= 11 is 3.35. The molecular weight excluding hydrogens is 322 g/mol. The van der Waals surface area contributed by atoms with Crippen molar-refractivity contribution in [3.8, 4) is 11.5 Å². The number of para-hydroxylation sites is 1. The van der Waals surface area contributed by atoms with Gasteiger partial charge in [0.15, 0.2) is 0 Å². The van der Waals surface area contributed by atoms with Gasteiger partial charge in [0, 0.05) is 10.0 Å². The number of halogens is 1. The lowest BCUT2D eigenvalue weighted by atomic mass is 10.1. The molecule has 0 bridgehead atoms. The van der Waals surface area contributed by atoms with Crippen LogP contribution in [0.5, 0.6) is 11.5 Å². The van der Waals surface area contributed by atoms with E-state index in [0.717, 1.165) is 4.47 Å². The Bertz CT molecular complexity index is 628. The van der Waals surface area contributed by atoms with Crippen LogP contribution in [0.15, 0.2) is 46.9 Å². The predicted molar refractivity (Wildman–Crippen MR) is 81.1 cm³/mol. The number of carbonyl (C=O) groups excluding carboxylic acids is 1. The molecule has 0 radical (unpaired) electrons. The Morgan fingerprint density at radius 1 is 1.30 bits per heavy atom. The zero-order valence-electron chi connectivity index (χ0n) is 10.9. The quantitative estimate of drug-likeness (QED) is 0.900. The molecule has 0 saturated heterocycles. The molecule has 2 aromatic rings. The van der Waals surface area contributed by atoms with Crippen molar-refractivity contribution in [2.75, 3.05) is 12.4 Å². The fourth-order valence-electron chi connectivity index (χ4n) is 1.81. The summed E-state index contributed by atoms with van der Waals surface area (Å²) in [6.45, 7) is 0. The molecule has 4 nitrogen and oxygen atoms in total. The molecule has 0 unspecified atom stereocenters. The van der Waals surface area contributed by atoms with Gasteiger partial charge in [-0.25, -0.2) is 0 Å². The van der Waals surface area contributed by atoms with Gasteiger partial charge in [0.2, 0.25) is 5.91 Å². The van der Waals surface area contributed by atoms with E-state index >= 15 is 0 Å². The average Bonchev–Trinajstić information content (AvgIpc) is 2.41. The molecule has 0 atom stereocenters. The van der Waals surface area contributed by atoms with Crippen molar-refractivity contribution in [3.63, 3.8) is 0 Å². The van der Waals surface area contributed by atoms with Crippen molar-refractivity contribution in [1.82, 2.24) is 0 Å². The van der Waals surface area contributed by atoms with Gasteiger partial charge in [-0.05, 0) is 24.3 Å². The number of carbonyl (C=O) groups is 1. The number of methoxy groups -OCH3 is 1.